The number of carbonyl (C=O) groups is 2. The lowest BCUT2D eigenvalue weighted by atomic mass is 9.95. The van der Waals surface area contributed by atoms with Crippen LogP contribution in [0.3, 0.4) is 0 Å². The molecule has 0 saturated carbocycles. The number of hydrogen-bond acceptors (Lipinski definition) is 3. The number of piperidine rings is 1. The van der Waals surface area contributed by atoms with Crippen molar-refractivity contribution in [2.24, 2.45) is 5.92 Å². The largest absolute Gasteiger partial charge is 0.356 e. The van der Waals surface area contributed by atoms with Gasteiger partial charge in [-0.15, -0.1) is 0 Å². The van der Waals surface area contributed by atoms with Crippen LogP contribution in [0.5, 0.6) is 0 Å². The van der Waals surface area contributed by atoms with E-state index in [4.69, 9.17) is 0 Å². The molecule has 2 amide bonds. The molecule has 0 aromatic carbocycles. The van der Waals surface area contributed by atoms with Gasteiger partial charge in [-0.3, -0.25) is 9.59 Å². The Labute approximate surface area is 103 Å². The minimum atomic E-state index is -0.0109. The number of nitrogens with one attached hydrogen (secondary N) is 3. The summed E-state index contributed by atoms with van der Waals surface area (Å²) in [6, 6.07) is 0.509. The molecular weight excluding hydrogens is 218 g/mol. The van der Waals surface area contributed by atoms with E-state index >= 15 is 0 Å². The molecule has 98 valence electrons. The molecule has 0 aromatic rings. The van der Waals surface area contributed by atoms with Crippen LogP contribution in [0, 0.1) is 5.92 Å². The van der Waals surface area contributed by atoms with E-state index < -0.39 is 0 Å². The lowest BCUT2D eigenvalue weighted by Crippen LogP contribution is -2.44. The predicted molar refractivity (Wildman–Crippen MR) is 66.5 cm³/mol. The summed E-state index contributed by atoms with van der Waals surface area (Å²) in [6.45, 7) is 5.82. The number of carbonyl (C=O) groups excluding carboxylic acids is 2. The highest BCUT2D eigenvalue weighted by Gasteiger charge is 2.23. The van der Waals surface area contributed by atoms with Crippen molar-refractivity contribution in [3.63, 3.8) is 0 Å². The second-order valence-corrected chi connectivity index (χ2v) is 4.58. The first-order valence-corrected chi connectivity index (χ1v) is 6.41. The quantitative estimate of drug-likeness (QED) is 0.635. The molecule has 1 saturated heterocycles. The molecule has 1 fully saturated rings. The van der Waals surface area contributed by atoms with Crippen LogP contribution in [-0.2, 0) is 9.59 Å². The first kappa shape index (κ1) is 14.0. The van der Waals surface area contributed by atoms with Crippen LogP contribution in [0.4, 0.5) is 0 Å². The van der Waals surface area contributed by atoms with Crippen LogP contribution in [0.15, 0.2) is 0 Å². The summed E-state index contributed by atoms with van der Waals surface area (Å²) in [5.41, 5.74) is 0. The molecule has 0 aromatic heterocycles. The van der Waals surface area contributed by atoms with Crippen LogP contribution in [-0.4, -0.2) is 37.5 Å². The lowest BCUT2D eigenvalue weighted by Gasteiger charge is -2.26. The summed E-state index contributed by atoms with van der Waals surface area (Å²) in [4.78, 5) is 22.9. The van der Waals surface area contributed by atoms with Crippen LogP contribution < -0.4 is 16.0 Å². The van der Waals surface area contributed by atoms with Crippen molar-refractivity contribution < 1.29 is 9.59 Å². The highest BCUT2D eigenvalue weighted by atomic mass is 16.2. The maximum absolute atomic E-state index is 11.8. The fourth-order valence-corrected chi connectivity index (χ4v) is 1.95. The summed E-state index contributed by atoms with van der Waals surface area (Å²) in [5.74, 6) is 0.109. The third kappa shape index (κ3) is 5.17. The average Bonchev–Trinajstić information content (AvgIpc) is 2.30. The molecule has 1 rings (SSSR count). The summed E-state index contributed by atoms with van der Waals surface area (Å²) in [6.07, 6.45) is 2.33. The molecule has 1 aliphatic rings. The average molecular weight is 241 g/mol. The Morgan fingerprint density at radius 1 is 1.29 bits per heavy atom. The van der Waals surface area contributed by atoms with Gasteiger partial charge in [0.25, 0.3) is 0 Å². The van der Waals surface area contributed by atoms with Crippen molar-refractivity contribution >= 4 is 11.8 Å². The molecule has 0 radical (unpaired) electrons. The van der Waals surface area contributed by atoms with Gasteiger partial charge in [0.1, 0.15) is 0 Å². The van der Waals surface area contributed by atoms with Crippen LogP contribution in [0.2, 0.25) is 0 Å². The van der Waals surface area contributed by atoms with Gasteiger partial charge >= 0.3 is 0 Å². The van der Waals surface area contributed by atoms with E-state index in [1.807, 2.05) is 6.92 Å². The predicted octanol–water partition coefficient (Wildman–Crippen LogP) is 0.0169. The van der Waals surface area contributed by atoms with E-state index in [1.54, 1.807) is 0 Å². The van der Waals surface area contributed by atoms with Gasteiger partial charge in [0, 0.05) is 32.1 Å². The summed E-state index contributed by atoms with van der Waals surface area (Å²) in [7, 11) is 0. The van der Waals surface area contributed by atoms with Gasteiger partial charge in [-0.25, -0.2) is 0 Å². The Hall–Kier alpha value is -1.10. The lowest BCUT2D eigenvalue weighted by molar-refractivity contribution is -0.125. The van der Waals surface area contributed by atoms with E-state index in [1.165, 1.54) is 0 Å². The third-order valence-electron chi connectivity index (χ3n) is 3.06. The van der Waals surface area contributed by atoms with Gasteiger partial charge < -0.3 is 16.0 Å². The van der Waals surface area contributed by atoms with Gasteiger partial charge in [-0.2, -0.15) is 0 Å². The smallest absolute Gasteiger partial charge is 0.224 e. The summed E-state index contributed by atoms with van der Waals surface area (Å²) in [5, 5.41) is 8.81. The van der Waals surface area contributed by atoms with Crippen molar-refractivity contribution in [2.75, 3.05) is 19.6 Å². The Balaban J connectivity index is 2.14. The molecule has 17 heavy (non-hydrogen) atoms. The van der Waals surface area contributed by atoms with E-state index in [2.05, 4.69) is 22.9 Å². The van der Waals surface area contributed by atoms with Gasteiger partial charge in [-0.05, 0) is 26.7 Å². The molecule has 5 nitrogen and oxygen atoms in total. The maximum Gasteiger partial charge on any atom is 0.224 e. The molecule has 3 N–H and O–H groups in total. The van der Waals surface area contributed by atoms with Crippen LogP contribution >= 0.6 is 0 Å². The second kappa shape index (κ2) is 7.27. The molecule has 0 spiro atoms. The van der Waals surface area contributed by atoms with Crippen molar-refractivity contribution in [1.29, 1.82) is 0 Å². The highest BCUT2D eigenvalue weighted by molar-refractivity contribution is 5.80. The fourth-order valence-electron chi connectivity index (χ4n) is 1.95. The maximum atomic E-state index is 11.8. The SMILES string of the molecule is CCNC(=O)CCNC(=O)C1CCC(C)NC1. The molecule has 0 bridgehead atoms. The molecule has 2 atom stereocenters. The molecule has 5 heteroatoms. The van der Waals surface area contributed by atoms with E-state index in [0.29, 0.717) is 25.6 Å². The van der Waals surface area contributed by atoms with Crippen molar-refractivity contribution in [2.45, 2.75) is 39.2 Å². The van der Waals surface area contributed by atoms with Gasteiger partial charge in [0.05, 0.1) is 5.92 Å². The Morgan fingerprint density at radius 3 is 2.65 bits per heavy atom. The molecular formula is C12H23N3O2. The van der Waals surface area contributed by atoms with Gasteiger partial charge in [0.2, 0.25) is 11.8 Å². The standard InChI is InChI=1S/C12H23N3O2/c1-3-13-11(16)6-7-14-12(17)10-5-4-9(2)15-8-10/h9-10,15H,3-8H2,1-2H3,(H,13,16)(H,14,17). The Bertz CT molecular complexity index is 260. The third-order valence-corrected chi connectivity index (χ3v) is 3.06. The van der Waals surface area contributed by atoms with Crippen molar-refractivity contribution in [3.8, 4) is 0 Å². The summed E-state index contributed by atoms with van der Waals surface area (Å²) >= 11 is 0. The topological polar surface area (TPSA) is 70.2 Å². The van der Waals surface area contributed by atoms with Crippen LogP contribution in [0.1, 0.15) is 33.1 Å². The van der Waals surface area contributed by atoms with E-state index in [-0.39, 0.29) is 17.7 Å². The van der Waals surface area contributed by atoms with Gasteiger partial charge in [0.15, 0.2) is 0 Å². The van der Waals surface area contributed by atoms with Gasteiger partial charge in [-0.1, -0.05) is 0 Å². The van der Waals surface area contributed by atoms with E-state index in [9.17, 15) is 9.59 Å². The Morgan fingerprint density at radius 2 is 2.06 bits per heavy atom. The normalized spacial score (nSPS) is 24.1. The Kier molecular flexibility index (Phi) is 5.97. The number of hydrogen-bond donors (Lipinski definition) is 3. The molecule has 0 aliphatic carbocycles. The highest BCUT2D eigenvalue weighted by Crippen LogP contribution is 2.13. The van der Waals surface area contributed by atoms with Crippen molar-refractivity contribution in [3.05, 3.63) is 0 Å². The molecule has 1 aliphatic heterocycles. The minimum absolute atomic E-state index is 0.0109. The monoisotopic (exact) mass is 241 g/mol. The first-order valence-electron chi connectivity index (χ1n) is 6.41. The van der Waals surface area contributed by atoms with E-state index in [0.717, 1.165) is 19.4 Å². The summed E-state index contributed by atoms with van der Waals surface area (Å²) < 4.78 is 0. The van der Waals surface area contributed by atoms with Crippen LogP contribution in [0.25, 0.3) is 0 Å². The number of amides is 2. The molecule has 1 heterocycles. The second-order valence-electron chi connectivity index (χ2n) is 4.58. The first-order chi connectivity index (χ1) is 8.13. The molecule has 2 unspecified atom stereocenters. The zero-order chi connectivity index (χ0) is 12.7. The zero-order valence-corrected chi connectivity index (χ0v) is 10.7. The van der Waals surface area contributed by atoms with Crippen molar-refractivity contribution in [1.82, 2.24) is 16.0 Å². The number of rotatable bonds is 5. The minimum Gasteiger partial charge on any atom is -0.356 e. The fraction of sp³-hybridized carbons (Fsp3) is 0.833. The zero-order valence-electron chi connectivity index (χ0n) is 10.7.